The second-order valence-electron chi connectivity index (χ2n) is 8.55. The fraction of sp³-hybridized carbons (Fsp3) is 0.625. The maximum absolute atomic E-state index is 13.1. The largest absolute Gasteiger partial charge is 0.450 e. The summed E-state index contributed by atoms with van der Waals surface area (Å²) in [5.41, 5.74) is 1.02. The maximum atomic E-state index is 13.1. The van der Waals surface area contributed by atoms with E-state index in [0.717, 1.165) is 31.2 Å². The molecule has 0 bridgehead atoms. The standard InChI is InChI=1S/C24H35N3O4/c1-2-31-24(30)27-15-13-20(14-16-27)25-23(29)21(17-18-9-5-3-6-10-18)26-22(28)19-11-7-4-8-12-19/h3,5-6,9-10,19-21H,2,4,7-8,11-17H2,1H3,(H,25,29)(H,26,28)/t21-/m0/s1. The van der Waals surface area contributed by atoms with Crippen molar-refractivity contribution < 1.29 is 19.1 Å². The Hall–Kier alpha value is -2.57. The molecule has 0 aromatic heterocycles. The summed E-state index contributed by atoms with van der Waals surface area (Å²) >= 11 is 0. The van der Waals surface area contributed by atoms with Gasteiger partial charge in [-0.3, -0.25) is 9.59 Å². The smallest absolute Gasteiger partial charge is 0.409 e. The van der Waals surface area contributed by atoms with Crippen LogP contribution in [0, 0.1) is 5.92 Å². The summed E-state index contributed by atoms with van der Waals surface area (Å²) in [4.78, 5) is 39.5. The van der Waals surface area contributed by atoms with E-state index in [1.54, 1.807) is 11.8 Å². The molecule has 1 heterocycles. The summed E-state index contributed by atoms with van der Waals surface area (Å²) < 4.78 is 5.06. The second kappa shape index (κ2) is 11.7. The molecule has 0 radical (unpaired) electrons. The summed E-state index contributed by atoms with van der Waals surface area (Å²) in [6.07, 6.45) is 6.66. The molecule has 2 fully saturated rings. The Balaban J connectivity index is 1.58. The number of carbonyl (C=O) groups is 3. The van der Waals surface area contributed by atoms with Crippen LogP contribution in [-0.4, -0.2) is 54.6 Å². The van der Waals surface area contributed by atoms with Crippen LogP contribution in [0.25, 0.3) is 0 Å². The van der Waals surface area contributed by atoms with E-state index in [9.17, 15) is 14.4 Å². The minimum Gasteiger partial charge on any atom is -0.450 e. The quantitative estimate of drug-likeness (QED) is 0.697. The second-order valence-corrected chi connectivity index (χ2v) is 8.55. The van der Waals surface area contributed by atoms with E-state index < -0.39 is 6.04 Å². The maximum Gasteiger partial charge on any atom is 0.409 e. The first-order valence-electron chi connectivity index (χ1n) is 11.6. The van der Waals surface area contributed by atoms with Crippen LogP contribution in [0.4, 0.5) is 4.79 Å². The Bertz CT molecular complexity index is 726. The zero-order chi connectivity index (χ0) is 22.1. The van der Waals surface area contributed by atoms with E-state index in [4.69, 9.17) is 4.74 Å². The van der Waals surface area contributed by atoms with Gasteiger partial charge in [0.05, 0.1) is 6.61 Å². The first-order chi connectivity index (χ1) is 15.1. The van der Waals surface area contributed by atoms with Gasteiger partial charge in [-0.25, -0.2) is 4.79 Å². The summed E-state index contributed by atoms with van der Waals surface area (Å²) in [5, 5.41) is 6.14. The fourth-order valence-corrected chi connectivity index (χ4v) is 4.44. The van der Waals surface area contributed by atoms with Crippen molar-refractivity contribution in [3.8, 4) is 0 Å². The fourth-order valence-electron chi connectivity index (χ4n) is 4.44. The number of nitrogens with one attached hydrogen (secondary N) is 2. The average Bonchev–Trinajstić information content (AvgIpc) is 2.80. The van der Waals surface area contributed by atoms with E-state index in [2.05, 4.69) is 10.6 Å². The summed E-state index contributed by atoms with van der Waals surface area (Å²) in [5.74, 6) is -0.150. The van der Waals surface area contributed by atoms with Crippen LogP contribution in [0.1, 0.15) is 57.4 Å². The lowest BCUT2D eigenvalue weighted by Crippen LogP contribution is -2.54. The predicted molar refractivity (Wildman–Crippen MR) is 118 cm³/mol. The van der Waals surface area contributed by atoms with Gasteiger partial charge in [0.2, 0.25) is 11.8 Å². The lowest BCUT2D eigenvalue weighted by atomic mass is 9.88. The van der Waals surface area contributed by atoms with Gasteiger partial charge >= 0.3 is 6.09 Å². The lowest BCUT2D eigenvalue weighted by Gasteiger charge is -2.32. The summed E-state index contributed by atoms with van der Waals surface area (Å²) in [7, 11) is 0. The van der Waals surface area contributed by atoms with E-state index in [1.165, 1.54) is 6.42 Å². The molecule has 0 spiro atoms. The molecular formula is C24H35N3O4. The molecule has 3 amide bonds. The Labute approximate surface area is 184 Å². The van der Waals surface area contributed by atoms with Gasteiger partial charge in [0.25, 0.3) is 0 Å². The van der Waals surface area contributed by atoms with Crippen LogP contribution in [0.15, 0.2) is 30.3 Å². The number of carbonyl (C=O) groups excluding carboxylic acids is 3. The van der Waals surface area contributed by atoms with Gasteiger partial charge in [-0.2, -0.15) is 0 Å². The Kier molecular flexibility index (Phi) is 8.74. The molecule has 1 aliphatic carbocycles. The minimum absolute atomic E-state index is 0.00656. The average molecular weight is 430 g/mol. The predicted octanol–water partition coefficient (Wildman–Crippen LogP) is 3.03. The highest BCUT2D eigenvalue weighted by Crippen LogP contribution is 2.24. The normalized spacial score (nSPS) is 18.8. The molecule has 2 N–H and O–H groups in total. The Morgan fingerprint density at radius 2 is 1.71 bits per heavy atom. The highest BCUT2D eigenvalue weighted by atomic mass is 16.6. The molecule has 0 unspecified atom stereocenters. The van der Waals surface area contributed by atoms with Crippen LogP contribution >= 0.6 is 0 Å². The van der Waals surface area contributed by atoms with Gasteiger partial charge in [-0.05, 0) is 38.2 Å². The van der Waals surface area contributed by atoms with Gasteiger partial charge in [-0.15, -0.1) is 0 Å². The van der Waals surface area contributed by atoms with Crippen molar-refractivity contribution in [2.75, 3.05) is 19.7 Å². The Morgan fingerprint density at radius 3 is 2.35 bits per heavy atom. The molecular weight excluding hydrogens is 394 g/mol. The third-order valence-electron chi connectivity index (χ3n) is 6.26. The van der Waals surface area contributed by atoms with Crippen LogP contribution in [0.2, 0.25) is 0 Å². The van der Waals surface area contributed by atoms with Gasteiger partial charge in [-0.1, -0.05) is 49.6 Å². The lowest BCUT2D eigenvalue weighted by molar-refractivity contribution is -0.132. The molecule has 7 nitrogen and oxygen atoms in total. The third kappa shape index (κ3) is 6.97. The molecule has 3 rings (SSSR count). The van der Waals surface area contributed by atoms with Crippen LogP contribution in [0.3, 0.4) is 0 Å². The van der Waals surface area contributed by atoms with Gasteiger partial charge in [0.1, 0.15) is 6.04 Å². The monoisotopic (exact) mass is 429 g/mol. The zero-order valence-corrected chi connectivity index (χ0v) is 18.5. The number of hydrogen-bond donors (Lipinski definition) is 2. The summed E-state index contributed by atoms with van der Waals surface area (Å²) in [6, 6.07) is 9.17. The highest BCUT2D eigenvalue weighted by Gasteiger charge is 2.30. The summed E-state index contributed by atoms with van der Waals surface area (Å²) in [6.45, 7) is 3.26. The molecule has 1 saturated carbocycles. The van der Waals surface area contributed by atoms with Gasteiger partial charge in [0.15, 0.2) is 0 Å². The van der Waals surface area contributed by atoms with Crippen LogP contribution in [-0.2, 0) is 20.7 Å². The van der Waals surface area contributed by atoms with Crippen molar-refractivity contribution in [2.24, 2.45) is 5.92 Å². The van der Waals surface area contributed by atoms with E-state index >= 15 is 0 Å². The van der Waals surface area contributed by atoms with Crippen LogP contribution < -0.4 is 10.6 Å². The van der Waals surface area contributed by atoms with Crippen molar-refractivity contribution in [1.82, 2.24) is 15.5 Å². The first-order valence-corrected chi connectivity index (χ1v) is 11.6. The van der Waals surface area contributed by atoms with E-state index in [0.29, 0.717) is 39.0 Å². The number of amides is 3. The van der Waals surface area contributed by atoms with E-state index in [1.807, 2.05) is 30.3 Å². The molecule has 2 aliphatic rings. The van der Waals surface area contributed by atoms with Crippen molar-refractivity contribution in [3.63, 3.8) is 0 Å². The molecule has 1 saturated heterocycles. The molecule has 170 valence electrons. The molecule has 1 aromatic carbocycles. The SMILES string of the molecule is CCOC(=O)N1CCC(NC(=O)[C@H](Cc2ccccc2)NC(=O)C2CCCCC2)CC1. The number of hydrogen-bond acceptors (Lipinski definition) is 4. The number of rotatable bonds is 7. The van der Waals surface area contributed by atoms with E-state index in [-0.39, 0.29) is 29.9 Å². The minimum atomic E-state index is -0.597. The molecule has 31 heavy (non-hydrogen) atoms. The highest BCUT2D eigenvalue weighted by molar-refractivity contribution is 5.89. The van der Waals surface area contributed by atoms with Crippen molar-refractivity contribution in [2.45, 2.75) is 70.4 Å². The first kappa shape index (κ1) is 23.1. The number of benzene rings is 1. The number of ether oxygens (including phenoxy) is 1. The van der Waals surface area contributed by atoms with Crippen LogP contribution in [0.5, 0.6) is 0 Å². The molecule has 1 atom stereocenters. The molecule has 1 aromatic rings. The number of nitrogens with zero attached hydrogens (tertiary/aromatic N) is 1. The Morgan fingerprint density at radius 1 is 1.03 bits per heavy atom. The third-order valence-corrected chi connectivity index (χ3v) is 6.26. The number of likely N-dealkylation sites (tertiary alicyclic amines) is 1. The van der Waals surface area contributed by atoms with Gasteiger partial charge < -0.3 is 20.3 Å². The number of piperidine rings is 1. The van der Waals surface area contributed by atoms with Crippen molar-refractivity contribution in [3.05, 3.63) is 35.9 Å². The van der Waals surface area contributed by atoms with Gasteiger partial charge in [0, 0.05) is 31.5 Å². The molecule has 1 aliphatic heterocycles. The topological polar surface area (TPSA) is 87.7 Å². The van der Waals surface area contributed by atoms with Crippen molar-refractivity contribution >= 4 is 17.9 Å². The zero-order valence-electron chi connectivity index (χ0n) is 18.5. The van der Waals surface area contributed by atoms with Crippen molar-refractivity contribution in [1.29, 1.82) is 0 Å². The molecule has 7 heteroatoms.